The van der Waals surface area contributed by atoms with Crippen molar-refractivity contribution in [3.63, 3.8) is 0 Å². The Morgan fingerprint density at radius 2 is 1.78 bits per heavy atom. The van der Waals surface area contributed by atoms with Crippen LogP contribution in [0.3, 0.4) is 0 Å². The standard InChI is InChI=1S/C18H23F2N5O2/c1-11(2)8-24(9-12(3)4)18-16(25(26)27)17(21-10-22-18)23-15-6-5-13(19)7-14(15)20/h5-7,10-12H,8-9H2,1-4H3,(H,21,22,23). The van der Waals surface area contributed by atoms with E-state index in [4.69, 9.17) is 0 Å². The molecule has 0 spiro atoms. The van der Waals surface area contributed by atoms with E-state index >= 15 is 0 Å². The minimum Gasteiger partial charge on any atom is -0.350 e. The molecule has 27 heavy (non-hydrogen) atoms. The van der Waals surface area contributed by atoms with Gasteiger partial charge in [0.2, 0.25) is 11.6 Å². The lowest BCUT2D eigenvalue weighted by Crippen LogP contribution is -2.32. The smallest absolute Gasteiger partial charge is 0.350 e. The molecular formula is C18H23F2N5O2. The largest absolute Gasteiger partial charge is 0.353 e. The molecule has 0 unspecified atom stereocenters. The van der Waals surface area contributed by atoms with Gasteiger partial charge in [0.1, 0.15) is 18.0 Å². The van der Waals surface area contributed by atoms with Gasteiger partial charge in [-0.15, -0.1) is 0 Å². The van der Waals surface area contributed by atoms with E-state index in [1.165, 1.54) is 6.33 Å². The van der Waals surface area contributed by atoms with Crippen molar-refractivity contribution in [3.8, 4) is 0 Å². The Kier molecular flexibility index (Phi) is 6.59. The summed E-state index contributed by atoms with van der Waals surface area (Å²) in [6, 6.07) is 2.92. The minimum atomic E-state index is -0.870. The molecule has 9 heteroatoms. The van der Waals surface area contributed by atoms with Crippen LogP contribution in [0, 0.1) is 33.6 Å². The first-order valence-corrected chi connectivity index (χ1v) is 8.65. The molecule has 0 amide bonds. The van der Waals surface area contributed by atoms with Crippen LogP contribution in [-0.2, 0) is 0 Å². The van der Waals surface area contributed by atoms with E-state index in [0.717, 1.165) is 12.1 Å². The Bertz CT molecular complexity index is 804. The normalized spacial score (nSPS) is 11.1. The molecule has 2 aromatic rings. The summed E-state index contributed by atoms with van der Waals surface area (Å²) in [6.45, 7) is 9.17. The van der Waals surface area contributed by atoms with Crippen molar-refractivity contribution in [2.24, 2.45) is 11.8 Å². The third-order valence-electron chi connectivity index (χ3n) is 3.64. The quantitative estimate of drug-likeness (QED) is 0.536. The zero-order valence-corrected chi connectivity index (χ0v) is 15.7. The molecule has 0 aliphatic heterocycles. The highest BCUT2D eigenvalue weighted by Crippen LogP contribution is 2.34. The van der Waals surface area contributed by atoms with Gasteiger partial charge >= 0.3 is 5.69 Å². The number of benzene rings is 1. The highest BCUT2D eigenvalue weighted by atomic mass is 19.1. The van der Waals surface area contributed by atoms with Gasteiger partial charge in [-0.05, 0) is 24.0 Å². The van der Waals surface area contributed by atoms with Gasteiger partial charge in [0.15, 0.2) is 0 Å². The van der Waals surface area contributed by atoms with E-state index in [1.807, 2.05) is 32.6 Å². The molecule has 0 fully saturated rings. The van der Waals surface area contributed by atoms with Gasteiger partial charge in [0.05, 0.1) is 10.6 Å². The Balaban J connectivity index is 2.50. The second-order valence-corrected chi connectivity index (χ2v) is 7.09. The van der Waals surface area contributed by atoms with Gasteiger partial charge in [-0.25, -0.2) is 18.7 Å². The number of nitrogens with zero attached hydrogens (tertiary/aromatic N) is 4. The summed E-state index contributed by atoms with van der Waals surface area (Å²) in [6.07, 6.45) is 1.19. The van der Waals surface area contributed by atoms with E-state index < -0.39 is 16.6 Å². The summed E-state index contributed by atoms with van der Waals surface area (Å²) in [4.78, 5) is 21.0. The first kappa shape index (κ1) is 20.5. The monoisotopic (exact) mass is 379 g/mol. The number of anilines is 3. The van der Waals surface area contributed by atoms with Crippen molar-refractivity contribution >= 4 is 23.0 Å². The lowest BCUT2D eigenvalue weighted by molar-refractivity contribution is -0.383. The number of hydrogen-bond acceptors (Lipinski definition) is 6. The summed E-state index contributed by atoms with van der Waals surface area (Å²) >= 11 is 0. The summed E-state index contributed by atoms with van der Waals surface area (Å²) in [5.41, 5.74) is -0.453. The lowest BCUT2D eigenvalue weighted by Gasteiger charge is -2.27. The van der Waals surface area contributed by atoms with Gasteiger partial charge < -0.3 is 10.2 Å². The van der Waals surface area contributed by atoms with E-state index in [9.17, 15) is 18.9 Å². The zero-order valence-electron chi connectivity index (χ0n) is 15.7. The number of rotatable bonds is 8. The number of halogens is 2. The van der Waals surface area contributed by atoms with Crippen LogP contribution in [0.25, 0.3) is 0 Å². The van der Waals surface area contributed by atoms with E-state index in [2.05, 4.69) is 15.3 Å². The van der Waals surface area contributed by atoms with Crippen LogP contribution in [0.2, 0.25) is 0 Å². The maximum atomic E-state index is 13.9. The second kappa shape index (κ2) is 8.70. The number of aromatic nitrogens is 2. The highest BCUT2D eigenvalue weighted by molar-refractivity contribution is 5.74. The molecule has 2 rings (SSSR count). The first-order valence-electron chi connectivity index (χ1n) is 8.65. The van der Waals surface area contributed by atoms with Crippen molar-refractivity contribution in [2.75, 3.05) is 23.3 Å². The zero-order chi connectivity index (χ0) is 20.1. The van der Waals surface area contributed by atoms with Gasteiger partial charge in [-0.1, -0.05) is 27.7 Å². The maximum Gasteiger partial charge on any atom is 0.353 e. The third kappa shape index (κ3) is 5.32. The van der Waals surface area contributed by atoms with Crippen molar-refractivity contribution in [1.82, 2.24) is 9.97 Å². The molecule has 146 valence electrons. The molecule has 0 aliphatic rings. The molecule has 0 saturated heterocycles. The molecule has 1 aromatic carbocycles. The van der Waals surface area contributed by atoms with Crippen LogP contribution in [0.4, 0.5) is 31.8 Å². The SMILES string of the molecule is CC(C)CN(CC(C)C)c1ncnc(Nc2ccc(F)cc2F)c1[N+](=O)[O-]. The Morgan fingerprint density at radius 3 is 2.30 bits per heavy atom. The third-order valence-corrected chi connectivity index (χ3v) is 3.64. The Morgan fingerprint density at radius 1 is 1.15 bits per heavy atom. The fraction of sp³-hybridized carbons (Fsp3) is 0.444. The molecule has 0 radical (unpaired) electrons. The average Bonchev–Trinajstić information content (AvgIpc) is 2.55. The van der Waals surface area contributed by atoms with Crippen LogP contribution in [0.15, 0.2) is 24.5 Å². The van der Waals surface area contributed by atoms with Crippen LogP contribution >= 0.6 is 0 Å². The Hall–Kier alpha value is -2.84. The van der Waals surface area contributed by atoms with E-state index in [-0.39, 0.29) is 34.8 Å². The predicted octanol–water partition coefficient (Wildman–Crippen LogP) is 4.53. The van der Waals surface area contributed by atoms with Crippen molar-refractivity contribution < 1.29 is 13.7 Å². The van der Waals surface area contributed by atoms with Crippen LogP contribution < -0.4 is 10.2 Å². The molecule has 1 aromatic heterocycles. The van der Waals surface area contributed by atoms with E-state index in [0.29, 0.717) is 19.2 Å². The number of hydrogen-bond donors (Lipinski definition) is 1. The first-order chi connectivity index (χ1) is 12.7. The Labute approximate surface area is 156 Å². The summed E-state index contributed by atoms with van der Waals surface area (Å²) in [5, 5.41) is 14.3. The van der Waals surface area contributed by atoms with Gasteiger partial charge in [0, 0.05) is 19.2 Å². The van der Waals surface area contributed by atoms with Crippen LogP contribution in [0.5, 0.6) is 0 Å². The van der Waals surface area contributed by atoms with E-state index in [1.54, 1.807) is 0 Å². The lowest BCUT2D eigenvalue weighted by atomic mass is 10.1. The van der Waals surface area contributed by atoms with Crippen molar-refractivity contribution in [3.05, 3.63) is 46.3 Å². The molecule has 0 atom stereocenters. The van der Waals surface area contributed by atoms with Gasteiger partial charge in [-0.2, -0.15) is 0 Å². The molecule has 1 heterocycles. The van der Waals surface area contributed by atoms with Gasteiger partial charge in [-0.3, -0.25) is 10.1 Å². The summed E-state index contributed by atoms with van der Waals surface area (Å²) in [7, 11) is 0. The summed E-state index contributed by atoms with van der Waals surface area (Å²) < 4.78 is 27.0. The fourth-order valence-electron chi connectivity index (χ4n) is 2.71. The number of nitrogens with one attached hydrogen (secondary N) is 1. The van der Waals surface area contributed by atoms with Crippen molar-refractivity contribution in [2.45, 2.75) is 27.7 Å². The highest BCUT2D eigenvalue weighted by Gasteiger charge is 2.28. The molecular weight excluding hydrogens is 356 g/mol. The van der Waals surface area contributed by atoms with Crippen LogP contribution in [-0.4, -0.2) is 28.0 Å². The number of nitro groups is 1. The second-order valence-electron chi connectivity index (χ2n) is 7.09. The van der Waals surface area contributed by atoms with Crippen LogP contribution in [0.1, 0.15) is 27.7 Å². The molecule has 7 nitrogen and oxygen atoms in total. The predicted molar refractivity (Wildman–Crippen MR) is 100 cm³/mol. The molecule has 1 N–H and O–H groups in total. The summed E-state index contributed by atoms with van der Waals surface area (Å²) in [5.74, 6) is -1.08. The molecule has 0 aliphatic carbocycles. The average molecular weight is 379 g/mol. The van der Waals surface area contributed by atoms with Crippen molar-refractivity contribution in [1.29, 1.82) is 0 Å². The molecule has 0 saturated carbocycles. The van der Waals surface area contributed by atoms with Gasteiger partial charge in [0.25, 0.3) is 0 Å². The molecule has 0 bridgehead atoms. The minimum absolute atomic E-state index is 0.108. The fourth-order valence-corrected chi connectivity index (χ4v) is 2.71. The maximum absolute atomic E-state index is 13.9. The topological polar surface area (TPSA) is 84.2 Å².